The van der Waals surface area contributed by atoms with Crippen LogP contribution in [0.15, 0.2) is 22.7 Å². The van der Waals surface area contributed by atoms with E-state index < -0.39 is 6.10 Å². The van der Waals surface area contributed by atoms with E-state index in [-0.39, 0.29) is 5.97 Å². The SMILES string of the molecule is CCOC(=O)C(C)Oc1ccc(Br)c(C)c1. The van der Waals surface area contributed by atoms with Gasteiger partial charge in [0.1, 0.15) is 5.75 Å². The van der Waals surface area contributed by atoms with E-state index in [1.54, 1.807) is 13.8 Å². The number of hydrogen-bond donors (Lipinski definition) is 0. The van der Waals surface area contributed by atoms with Crippen molar-refractivity contribution in [2.45, 2.75) is 26.9 Å². The average molecular weight is 287 g/mol. The van der Waals surface area contributed by atoms with E-state index in [4.69, 9.17) is 9.47 Å². The Morgan fingerprint density at radius 2 is 2.19 bits per heavy atom. The maximum atomic E-state index is 11.3. The van der Waals surface area contributed by atoms with Crippen LogP contribution in [0.1, 0.15) is 19.4 Å². The molecule has 0 heterocycles. The number of carbonyl (C=O) groups excluding carboxylic acids is 1. The minimum Gasteiger partial charge on any atom is -0.479 e. The normalized spacial score (nSPS) is 12.0. The van der Waals surface area contributed by atoms with Crippen LogP contribution in [0, 0.1) is 6.92 Å². The Morgan fingerprint density at radius 1 is 1.50 bits per heavy atom. The molecule has 4 heteroatoms. The maximum Gasteiger partial charge on any atom is 0.347 e. The molecule has 1 unspecified atom stereocenters. The van der Waals surface area contributed by atoms with Crippen LogP contribution in [0.25, 0.3) is 0 Å². The molecule has 16 heavy (non-hydrogen) atoms. The first-order valence-corrected chi connectivity index (χ1v) is 5.93. The number of halogens is 1. The molecule has 1 aromatic carbocycles. The fourth-order valence-corrected chi connectivity index (χ4v) is 1.45. The lowest BCUT2D eigenvalue weighted by molar-refractivity contribution is -0.150. The van der Waals surface area contributed by atoms with Crippen LogP contribution in [0.3, 0.4) is 0 Å². The molecule has 3 nitrogen and oxygen atoms in total. The molecule has 0 aromatic heterocycles. The van der Waals surface area contributed by atoms with Crippen LogP contribution < -0.4 is 4.74 Å². The first kappa shape index (κ1) is 13.0. The number of esters is 1. The Hall–Kier alpha value is -1.03. The van der Waals surface area contributed by atoms with Gasteiger partial charge in [-0.2, -0.15) is 0 Å². The van der Waals surface area contributed by atoms with Crippen molar-refractivity contribution in [3.8, 4) is 5.75 Å². The van der Waals surface area contributed by atoms with Crippen molar-refractivity contribution in [2.75, 3.05) is 6.61 Å². The van der Waals surface area contributed by atoms with Gasteiger partial charge in [-0.1, -0.05) is 15.9 Å². The van der Waals surface area contributed by atoms with E-state index in [0.29, 0.717) is 12.4 Å². The Kier molecular flexibility index (Phi) is 4.80. The minimum atomic E-state index is -0.583. The number of benzene rings is 1. The van der Waals surface area contributed by atoms with Gasteiger partial charge in [-0.15, -0.1) is 0 Å². The van der Waals surface area contributed by atoms with Crippen molar-refractivity contribution in [1.82, 2.24) is 0 Å². The third-order valence-electron chi connectivity index (χ3n) is 2.06. The molecule has 1 aromatic rings. The zero-order valence-electron chi connectivity index (χ0n) is 9.62. The van der Waals surface area contributed by atoms with Crippen LogP contribution in [0.4, 0.5) is 0 Å². The number of hydrogen-bond acceptors (Lipinski definition) is 3. The van der Waals surface area contributed by atoms with Gasteiger partial charge in [0.25, 0.3) is 0 Å². The van der Waals surface area contributed by atoms with Gasteiger partial charge in [-0.05, 0) is 44.5 Å². The lowest BCUT2D eigenvalue weighted by atomic mass is 10.2. The minimum absolute atomic E-state index is 0.344. The van der Waals surface area contributed by atoms with Gasteiger partial charge in [0.2, 0.25) is 0 Å². The number of carbonyl (C=O) groups is 1. The quantitative estimate of drug-likeness (QED) is 0.798. The van der Waals surface area contributed by atoms with Crippen molar-refractivity contribution in [2.24, 2.45) is 0 Å². The van der Waals surface area contributed by atoms with Crippen molar-refractivity contribution in [3.63, 3.8) is 0 Å². The molecular weight excluding hydrogens is 272 g/mol. The summed E-state index contributed by atoms with van der Waals surface area (Å²) < 4.78 is 11.3. The largest absolute Gasteiger partial charge is 0.479 e. The van der Waals surface area contributed by atoms with E-state index in [0.717, 1.165) is 10.0 Å². The fourth-order valence-electron chi connectivity index (χ4n) is 1.20. The molecular formula is C12H15BrO3. The molecule has 0 amide bonds. The molecule has 0 aliphatic carbocycles. The highest BCUT2D eigenvalue weighted by Gasteiger charge is 2.15. The zero-order chi connectivity index (χ0) is 12.1. The second-order valence-corrected chi connectivity index (χ2v) is 4.28. The number of rotatable bonds is 4. The Morgan fingerprint density at radius 3 is 2.75 bits per heavy atom. The van der Waals surface area contributed by atoms with Crippen molar-refractivity contribution in [1.29, 1.82) is 0 Å². The summed E-state index contributed by atoms with van der Waals surface area (Å²) in [7, 11) is 0. The highest BCUT2D eigenvalue weighted by molar-refractivity contribution is 9.10. The molecule has 0 radical (unpaired) electrons. The summed E-state index contributed by atoms with van der Waals surface area (Å²) in [5, 5.41) is 0. The molecule has 0 saturated carbocycles. The molecule has 0 spiro atoms. The summed E-state index contributed by atoms with van der Waals surface area (Å²) in [6, 6.07) is 5.58. The average Bonchev–Trinajstić information content (AvgIpc) is 2.24. The fraction of sp³-hybridized carbons (Fsp3) is 0.417. The predicted octanol–water partition coefficient (Wildman–Crippen LogP) is 3.09. The Bertz CT molecular complexity index is 377. The molecule has 0 aliphatic heterocycles. The second kappa shape index (κ2) is 5.89. The van der Waals surface area contributed by atoms with Crippen LogP contribution in [-0.2, 0) is 9.53 Å². The molecule has 0 N–H and O–H groups in total. The first-order chi connectivity index (χ1) is 7.54. The highest BCUT2D eigenvalue weighted by Crippen LogP contribution is 2.22. The van der Waals surface area contributed by atoms with E-state index in [9.17, 15) is 4.79 Å². The molecule has 0 saturated heterocycles. The van der Waals surface area contributed by atoms with Gasteiger partial charge in [-0.25, -0.2) is 4.79 Å². The molecule has 0 aliphatic rings. The summed E-state index contributed by atoms with van der Waals surface area (Å²) in [4.78, 5) is 11.3. The highest BCUT2D eigenvalue weighted by atomic mass is 79.9. The van der Waals surface area contributed by atoms with E-state index in [2.05, 4.69) is 15.9 Å². The van der Waals surface area contributed by atoms with Gasteiger partial charge in [0.05, 0.1) is 6.61 Å². The first-order valence-electron chi connectivity index (χ1n) is 5.14. The van der Waals surface area contributed by atoms with Crippen LogP contribution >= 0.6 is 15.9 Å². The van der Waals surface area contributed by atoms with E-state index >= 15 is 0 Å². The van der Waals surface area contributed by atoms with Crippen LogP contribution in [0.5, 0.6) is 5.75 Å². The zero-order valence-corrected chi connectivity index (χ0v) is 11.2. The van der Waals surface area contributed by atoms with Crippen molar-refractivity contribution >= 4 is 21.9 Å². The summed E-state index contributed by atoms with van der Waals surface area (Å²) >= 11 is 3.40. The van der Waals surface area contributed by atoms with Gasteiger partial charge in [-0.3, -0.25) is 0 Å². The third kappa shape index (κ3) is 3.52. The molecule has 1 rings (SSSR count). The lowest BCUT2D eigenvalue weighted by Crippen LogP contribution is -2.26. The summed E-state index contributed by atoms with van der Waals surface area (Å²) in [5.41, 5.74) is 1.06. The van der Waals surface area contributed by atoms with Gasteiger partial charge < -0.3 is 9.47 Å². The molecule has 88 valence electrons. The molecule has 0 bridgehead atoms. The smallest absolute Gasteiger partial charge is 0.347 e. The van der Waals surface area contributed by atoms with Crippen molar-refractivity contribution in [3.05, 3.63) is 28.2 Å². The van der Waals surface area contributed by atoms with Crippen molar-refractivity contribution < 1.29 is 14.3 Å². The number of aryl methyl sites for hydroxylation is 1. The monoisotopic (exact) mass is 286 g/mol. The topological polar surface area (TPSA) is 35.5 Å². The van der Waals surface area contributed by atoms with Gasteiger partial charge >= 0.3 is 5.97 Å². The Balaban J connectivity index is 2.66. The second-order valence-electron chi connectivity index (χ2n) is 3.42. The van der Waals surface area contributed by atoms with Gasteiger partial charge in [0, 0.05) is 4.47 Å². The molecule has 0 fully saturated rings. The summed E-state index contributed by atoms with van der Waals surface area (Å²) in [5.74, 6) is 0.323. The van der Waals surface area contributed by atoms with E-state index in [1.165, 1.54) is 0 Å². The van der Waals surface area contributed by atoms with E-state index in [1.807, 2.05) is 25.1 Å². The lowest BCUT2D eigenvalue weighted by Gasteiger charge is -2.13. The summed E-state index contributed by atoms with van der Waals surface area (Å²) in [6.45, 7) is 5.78. The molecule has 1 atom stereocenters. The van der Waals surface area contributed by atoms with Crippen LogP contribution in [-0.4, -0.2) is 18.7 Å². The standard InChI is InChI=1S/C12H15BrO3/c1-4-15-12(14)9(3)16-10-5-6-11(13)8(2)7-10/h5-7,9H,4H2,1-3H3. The maximum absolute atomic E-state index is 11.3. The van der Waals surface area contributed by atoms with Gasteiger partial charge in [0.15, 0.2) is 6.10 Å². The van der Waals surface area contributed by atoms with Crippen LogP contribution in [0.2, 0.25) is 0 Å². The summed E-state index contributed by atoms with van der Waals surface area (Å²) in [6.07, 6.45) is -0.583. The number of ether oxygens (including phenoxy) is 2. The third-order valence-corrected chi connectivity index (χ3v) is 2.95. The predicted molar refractivity (Wildman–Crippen MR) is 65.6 cm³/mol. The Labute approximate surface area is 104 Å².